The lowest BCUT2D eigenvalue weighted by molar-refractivity contribution is -0.253. The van der Waals surface area contributed by atoms with Gasteiger partial charge in [-0.3, -0.25) is 9.59 Å². The fourth-order valence-electron chi connectivity index (χ4n) is 3.13. The van der Waals surface area contributed by atoms with Crippen LogP contribution >= 0.6 is 0 Å². The van der Waals surface area contributed by atoms with Gasteiger partial charge in [0.1, 0.15) is 24.4 Å². The minimum Gasteiger partial charge on any atom is -0.481 e. The largest absolute Gasteiger partial charge is 0.481 e. The average Bonchev–Trinajstić information content (AvgIpc) is 2.63. The smallest absolute Gasteiger partial charge is 0.303 e. The molecule has 9 heteroatoms. The summed E-state index contributed by atoms with van der Waals surface area (Å²) in [5, 5.41) is 49.6. The number of unbranched alkanes of at least 4 members (excludes halogenated alkanes) is 7. The van der Waals surface area contributed by atoms with Crippen molar-refractivity contribution in [2.24, 2.45) is 0 Å². The molecule has 1 rings (SSSR count). The van der Waals surface area contributed by atoms with Gasteiger partial charge < -0.3 is 35.6 Å². The highest BCUT2D eigenvalue weighted by atomic mass is 16.6. The zero-order valence-corrected chi connectivity index (χ0v) is 15.6. The molecule has 1 amide bonds. The molecule has 1 fully saturated rings. The molecule has 5 atom stereocenters. The van der Waals surface area contributed by atoms with Crippen LogP contribution in [0.2, 0.25) is 0 Å². The second-order valence-corrected chi connectivity index (χ2v) is 7.04. The summed E-state index contributed by atoms with van der Waals surface area (Å²) in [5.41, 5.74) is 0. The second kappa shape index (κ2) is 13.0. The number of ether oxygens (including phenoxy) is 1. The molecule has 1 saturated heterocycles. The summed E-state index contributed by atoms with van der Waals surface area (Å²) in [6.07, 6.45) is 2.35. The summed E-state index contributed by atoms with van der Waals surface area (Å²) < 4.78 is 4.99. The molecule has 0 saturated carbocycles. The second-order valence-electron chi connectivity index (χ2n) is 7.04. The molecule has 0 aromatic heterocycles. The van der Waals surface area contributed by atoms with Gasteiger partial charge in [0.05, 0.1) is 6.61 Å². The van der Waals surface area contributed by atoms with Crippen LogP contribution in [0.1, 0.15) is 64.2 Å². The van der Waals surface area contributed by atoms with Gasteiger partial charge in [0, 0.05) is 12.8 Å². The van der Waals surface area contributed by atoms with Crippen LogP contribution in [0.15, 0.2) is 0 Å². The van der Waals surface area contributed by atoms with Crippen molar-refractivity contribution < 1.29 is 39.9 Å². The number of carboxylic acid groups (broad SMARTS) is 1. The molecule has 27 heavy (non-hydrogen) atoms. The topological polar surface area (TPSA) is 157 Å². The predicted octanol–water partition coefficient (Wildman–Crippen LogP) is -0.112. The number of hydrogen-bond acceptors (Lipinski definition) is 7. The Morgan fingerprint density at radius 3 is 1.85 bits per heavy atom. The third kappa shape index (κ3) is 8.98. The fourth-order valence-corrected chi connectivity index (χ4v) is 3.13. The predicted molar refractivity (Wildman–Crippen MR) is 95.7 cm³/mol. The van der Waals surface area contributed by atoms with Crippen LogP contribution in [-0.2, 0) is 14.3 Å². The van der Waals surface area contributed by atoms with Gasteiger partial charge in [-0.25, -0.2) is 0 Å². The average molecular weight is 391 g/mol. The Balaban J connectivity index is 2.09. The van der Waals surface area contributed by atoms with Crippen LogP contribution < -0.4 is 5.32 Å². The number of aliphatic hydroxyl groups is 4. The molecular formula is C18H33NO8. The number of hydrogen-bond donors (Lipinski definition) is 6. The number of carbonyl (C=O) groups excluding carboxylic acids is 1. The van der Waals surface area contributed by atoms with E-state index in [-0.39, 0.29) is 18.7 Å². The van der Waals surface area contributed by atoms with Crippen molar-refractivity contribution in [3.63, 3.8) is 0 Å². The molecule has 1 heterocycles. The molecule has 1 aliphatic rings. The number of amides is 1. The lowest BCUT2D eigenvalue weighted by atomic mass is 9.97. The first-order valence-corrected chi connectivity index (χ1v) is 9.68. The van der Waals surface area contributed by atoms with E-state index in [4.69, 9.17) is 14.9 Å². The molecule has 9 nitrogen and oxygen atoms in total. The monoisotopic (exact) mass is 391 g/mol. The SMILES string of the molecule is O=C(O)CCCCCCCCCCC(=O)N[C@H]1C(O)O[C@H](CO)[C@@H](O)[C@@H]1O. The van der Waals surface area contributed by atoms with Crippen LogP contribution in [0, 0.1) is 0 Å². The van der Waals surface area contributed by atoms with Crippen LogP contribution in [0.4, 0.5) is 0 Å². The van der Waals surface area contributed by atoms with Crippen LogP contribution in [-0.4, -0.2) is 74.7 Å². The van der Waals surface area contributed by atoms with E-state index in [1.54, 1.807) is 0 Å². The third-order valence-corrected chi connectivity index (χ3v) is 4.77. The summed E-state index contributed by atoms with van der Waals surface area (Å²) in [6, 6.07) is -1.14. The Kier molecular flexibility index (Phi) is 11.5. The number of nitrogens with one attached hydrogen (secondary N) is 1. The first kappa shape index (κ1) is 23.8. The minimum absolute atomic E-state index is 0.224. The van der Waals surface area contributed by atoms with Gasteiger partial charge in [0.25, 0.3) is 0 Å². The maximum atomic E-state index is 12.0. The Hall–Kier alpha value is -1.26. The molecule has 0 spiro atoms. The van der Waals surface area contributed by atoms with E-state index < -0.39 is 43.2 Å². The molecule has 6 N–H and O–H groups in total. The summed E-state index contributed by atoms with van der Waals surface area (Å²) in [4.78, 5) is 22.3. The lowest BCUT2D eigenvalue weighted by Gasteiger charge is -2.40. The van der Waals surface area contributed by atoms with E-state index in [2.05, 4.69) is 5.32 Å². The summed E-state index contributed by atoms with van der Waals surface area (Å²) in [7, 11) is 0. The lowest BCUT2D eigenvalue weighted by Crippen LogP contribution is -2.64. The fraction of sp³-hybridized carbons (Fsp3) is 0.889. The molecule has 158 valence electrons. The number of aliphatic hydroxyl groups excluding tert-OH is 4. The molecular weight excluding hydrogens is 358 g/mol. The Bertz CT molecular complexity index is 447. The molecule has 1 aliphatic heterocycles. The first-order chi connectivity index (χ1) is 12.9. The molecule has 0 bridgehead atoms. The first-order valence-electron chi connectivity index (χ1n) is 9.68. The standard InChI is InChI=1S/C18H33NO8/c20-11-12-16(24)17(25)15(18(26)27-12)19-13(21)9-7-5-3-1-2-4-6-8-10-14(22)23/h12,15-18,20,24-26H,1-11H2,(H,19,21)(H,22,23)/t12-,15-,16-,17-,18?/m1/s1. The van der Waals surface area contributed by atoms with Crippen molar-refractivity contribution in [3.05, 3.63) is 0 Å². The summed E-state index contributed by atoms with van der Waals surface area (Å²) in [6.45, 7) is -0.546. The molecule has 0 aromatic rings. The van der Waals surface area contributed by atoms with E-state index >= 15 is 0 Å². The van der Waals surface area contributed by atoms with Crippen molar-refractivity contribution in [2.45, 2.75) is 94.9 Å². The Labute approximate surface area is 159 Å². The molecule has 0 aromatic carbocycles. The third-order valence-electron chi connectivity index (χ3n) is 4.77. The maximum absolute atomic E-state index is 12.0. The van der Waals surface area contributed by atoms with E-state index in [0.29, 0.717) is 12.8 Å². The quantitative estimate of drug-likeness (QED) is 0.237. The van der Waals surface area contributed by atoms with E-state index in [0.717, 1.165) is 38.5 Å². The van der Waals surface area contributed by atoms with Gasteiger partial charge in [-0.15, -0.1) is 0 Å². The highest BCUT2D eigenvalue weighted by molar-refractivity contribution is 5.76. The van der Waals surface area contributed by atoms with Crippen molar-refractivity contribution in [1.82, 2.24) is 5.32 Å². The van der Waals surface area contributed by atoms with Crippen LogP contribution in [0.25, 0.3) is 0 Å². The van der Waals surface area contributed by atoms with Crippen LogP contribution in [0.3, 0.4) is 0 Å². The molecule has 0 radical (unpaired) electrons. The van der Waals surface area contributed by atoms with Gasteiger partial charge in [-0.05, 0) is 12.8 Å². The highest BCUT2D eigenvalue weighted by Crippen LogP contribution is 2.20. The van der Waals surface area contributed by atoms with Gasteiger partial charge in [0.2, 0.25) is 5.91 Å². The number of carbonyl (C=O) groups is 2. The van der Waals surface area contributed by atoms with Crippen molar-refractivity contribution in [3.8, 4) is 0 Å². The molecule has 1 unspecified atom stereocenters. The van der Waals surface area contributed by atoms with Crippen molar-refractivity contribution in [1.29, 1.82) is 0 Å². The summed E-state index contributed by atoms with van der Waals surface area (Å²) in [5.74, 6) is -1.10. The minimum atomic E-state index is -1.49. The number of rotatable bonds is 13. The maximum Gasteiger partial charge on any atom is 0.303 e. The Morgan fingerprint density at radius 2 is 1.33 bits per heavy atom. The van der Waals surface area contributed by atoms with E-state index in [1.807, 2.05) is 0 Å². The van der Waals surface area contributed by atoms with Gasteiger partial charge >= 0.3 is 5.97 Å². The molecule has 0 aliphatic carbocycles. The number of aliphatic carboxylic acids is 1. The van der Waals surface area contributed by atoms with Gasteiger partial charge in [-0.1, -0.05) is 38.5 Å². The normalized spacial score (nSPS) is 28.1. The number of carboxylic acids is 1. The zero-order valence-electron chi connectivity index (χ0n) is 15.6. The van der Waals surface area contributed by atoms with E-state index in [1.165, 1.54) is 0 Å². The van der Waals surface area contributed by atoms with Crippen LogP contribution in [0.5, 0.6) is 0 Å². The van der Waals surface area contributed by atoms with Gasteiger partial charge in [-0.2, -0.15) is 0 Å². The Morgan fingerprint density at radius 1 is 0.815 bits per heavy atom. The highest BCUT2D eigenvalue weighted by Gasteiger charge is 2.44. The van der Waals surface area contributed by atoms with Crippen molar-refractivity contribution in [2.75, 3.05) is 6.61 Å². The summed E-state index contributed by atoms with van der Waals surface area (Å²) >= 11 is 0. The van der Waals surface area contributed by atoms with Crippen molar-refractivity contribution >= 4 is 11.9 Å². The van der Waals surface area contributed by atoms with Gasteiger partial charge in [0.15, 0.2) is 6.29 Å². The van der Waals surface area contributed by atoms with E-state index in [9.17, 15) is 24.9 Å². The zero-order chi connectivity index (χ0) is 20.2.